The first-order valence-corrected chi connectivity index (χ1v) is 6.00. The third-order valence-corrected chi connectivity index (χ3v) is 3.96. The van der Waals surface area contributed by atoms with Crippen LogP contribution in [-0.2, 0) is 0 Å². The second kappa shape index (κ2) is 9.01. The fraction of sp³-hybridized carbons (Fsp3) is 0.400. The van der Waals surface area contributed by atoms with Gasteiger partial charge in [0, 0.05) is 11.5 Å². The quantitative estimate of drug-likeness (QED) is 0.432. The number of thioether (sulfide) groups is 2. The predicted molar refractivity (Wildman–Crippen MR) is 63.9 cm³/mol. The lowest BCUT2D eigenvalue weighted by Gasteiger charge is -2.11. The zero-order valence-electron chi connectivity index (χ0n) is 7.37. The second-order valence-electron chi connectivity index (χ2n) is 2.20. The monoisotopic (exact) mass is 200 g/mol. The van der Waals surface area contributed by atoms with E-state index in [9.17, 15) is 0 Å². The van der Waals surface area contributed by atoms with Crippen LogP contribution >= 0.6 is 23.5 Å². The third-order valence-electron chi connectivity index (χ3n) is 1.16. The van der Waals surface area contributed by atoms with Gasteiger partial charge in [-0.2, -0.15) is 0 Å². The van der Waals surface area contributed by atoms with E-state index >= 15 is 0 Å². The van der Waals surface area contributed by atoms with Crippen LogP contribution in [0.5, 0.6) is 0 Å². The molecule has 0 saturated carbocycles. The van der Waals surface area contributed by atoms with Crippen molar-refractivity contribution in [2.45, 2.75) is 11.0 Å². The maximum absolute atomic E-state index is 3.74. The Bertz CT molecular complexity index is 129. The topological polar surface area (TPSA) is 0 Å². The molecule has 0 aromatic heterocycles. The number of allylic oxidation sites excluding steroid dienone is 1. The van der Waals surface area contributed by atoms with E-state index in [1.165, 1.54) is 0 Å². The molecule has 0 bridgehead atoms. The highest BCUT2D eigenvalue weighted by molar-refractivity contribution is 8.17. The first kappa shape index (κ1) is 11.9. The lowest BCUT2D eigenvalue weighted by atomic mass is 10.5. The molecule has 0 radical (unpaired) electrons. The van der Waals surface area contributed by atoms with Gasteiger partial charge in [0.1, 0.15) is 0 Å². The minimum Gasteiger partial charge on any atom is -0.143 e. The van der Waals surface area contributed by atoms with Gasteiger partial charge in [0.2, 0.25) is 0 Å². The summed E-state index contributed by atoms with van der Waals surface area (Å²) >= 11 is 3.82. The van der Waals surface area contributed by atoms with Gasteiger partial charge in [-0.3, -0.25) is 0 Å². The molecule has 0 aliphatic heterocycles. The molecule has 0 saturated heterocycles. The Balaban J connectivity index is 3.59. The molecule has 12 heavy (non-hydrogen) atoms. The minimum absolute atomic E-state index is 0.610. The van der Waals surface area contributed by atoms with Gasteiger partial charge in [-0.25, -0.2) is 0 Å². The molecule has 0 nitrogen and oxygen atoms in total. The highest BCUT2D eigenvalue weighted by atomic mass is 32.2. The fourth-order valence-electron chi connectivity index (χ4n) is 0.671. The van der Waals surface area contributed by atoms with Crippen LogP contribution in [0, 0.1) is 0 Å². The average Bonchev–Trinajstić information content (AvgIpc) is 2.10. The van der Waals surface area contributed by atoms with Crippen molar-refractivity contribution in [2.75, 3.05) is 11.5 Å². The standard InChI is InChI=1S/C10H16S2/c1-4-7-10(11-8-5-2)12-9-6-3/h4-6,10H,1-3,7-9H2. The van der Waals surface area contributed by atoms with E-state index in [1.54, 1.807) is 0 Å². The van der Waals surface area contributed by atoms with Crippen LogP contribution < -0.4 is 0 Å². The molecule has 68 valence electrons. The molecule has 0 aromatic carbocycles. The maximum atomic E-state index is 3.74. The van der Waals surface area contributed by atoms with Crippen molar-refractivity contribution < 1.29 is 0 Å². The molecule has 0 aromatic rings. The predicted octanol–water partition coefficient (Wildman–Crippen LogP) is 3.73. The summed E-state index contributed by atoms with van der Waals surface area (Å²) in [4.78, 5) is 0. The molecule has 0 spiro atoms. The molecule has 0 aliphatic rings. The van der Waals surface area contributed by atoms with E-state index in [2.05, 4.69) is 19.7 Å². The third kappa shape index (κ3) is 6.62. The zero-order valence-corrected chi connectivity index (χ0v) is 9.00. The van der Waals surface area contributed by atoms with E-state index in [4.69, 9.17) is 0 Å². The highest BCUT2D eigenvalue weighted by Crippen LogP contribution is 2.26. The van der Waals surface area contributed by atoms with Crippen molar-refractivity contribution in [3.63, 3.8) is 0 Å². The Morgan fingerprint density at radius 2 is 1.42 bits per heavy atom. The Labute approximate surface area is 84.2 Å². The van der Waals surface area contributed by atoms with Gasteiger partial charge in [-0.15, -0.1) is 43.3 Å². The van der Waals surface area contributed by atoms with Crippen molar-refractivity contribution in [1.82, 2.24) is 0 Å². The molecule has 2 heteroatoms. The molecule has 0 fully saturated rings. The Kier molecular flexibility index (Phi) is 8.95. The lowest BCUT2D eigenvalue weighted by molar-refractivity contribution is 1.19. The molecule has 0 aliphatic carbocycles. The van der Waals surface area contributed by atoms with E-state index in [0.29, 0.717) is 4.58 Å². The smallest absolute Gasteiger partial charge is 0.0542 e. The molecule has 0 heterocycles. The van der Waals surface area contributed by atoms with E-state index in [1.807, 2.05) is 41.8 Å². The van der Waals surface area contributed by atoms with Crippen molar-refractivity contribution in [2.24, 2.45) is 0 Å². The Morgan fingerprint density at radius 3 is 1.75 bits per heavy atom. The van der Waals surface area contributed by atoms with E-state index in [-0.39, 0.29) is 0 Å². The SMILES string of the molecule is C=CCSC(CC=C)SCC=C. The van der Waals surface area contributed by atoms with Crippen LogP contribution in [0.1, 0.15) is 6.42 Å². The minimum atomic E-state index is 0.610. The van der Waals surface area contributed by atoms with Crippen molar-refractivity contribution in [1.29, 1.82) is 0 Å². The van der Waals surface area contributed by atoms with Crippen LogP contribution in [0.15, 0.2) is 38.0 Å². The molecular weight excluding hydrogens is 184 g/mol. The molecule has 0 rings (SSSR count). The number of hydrogen-bond donors (Lipinski definition) is 0. The van der Waals surface area contributed by atoms with Gasteiger partial charge in [-0.1, -0.05) is 18.2 Å². The van der Waals surface area contributed by atoms with Crippen LogP contribution in [-0.4, -0.2) is 16.1 Å². The van der Waals surface area contributed by atoms with E-state index < -0.39 is 0 Å². The van der Waals surface area contributed by atoms with Crippen molar-refractivity contribution >= 4 is 23.5 Å². The zero-order chi connectivity index (χ0) is 9.23. The molecule has 0 unspecified atom stereocenters. The summed E-state index contributed by atoms with van der Waals surface area (Å²) in [5.41, 5.74) is 0. The number of hydrogen-bond acceptors (Lipinski definition) is 2. The highest BCUT2D eigenvalue weighted by Gasteiger charge is 2.04. The summed E-state index contributed by atoms with van der Waals surface area (Å²) in [5, 5.41) is 0. The summed E-state index contributed by atoms with van der Waals surface area (Å²) in [6, 6.07) is 0. The van der Waals surface area contributed by atoms with Crippen molar-refractivity contribution in [3.05, 3.63) is 38.0 Å². The average molecular weight is 200 g/mol. The normalized spacial score (nSPS) is 9.75. The van der Waals surface area contributed by atoms with E-state index in [0.717, 1.165) is 17.9 Å². The number of rotatable bonds is 8. The summed E-state index contributed by atoms with van der Waals surface area (Å²) < 4.78 is 0.610. The Morgan fingerprint density at radius 1 is 0.917 bits per heavy atom. The van der Waals surface area contributed by atoms with Crippen LogP contribution in [0.2, 0.25) is 0 Å². The maximum Gasteiger partial charge on any atom is 0.0542 e. The molecule has 0 N–H and O–H groups in total. The summed E-state index contributed by atoms with van der Waals surface area (Å²) in [6.07, 6.45) is 6.90. The van der Waals surface area contributed by atoms with Crippen LogP contribution in [0.25, 0.3) is 0 Å². The summed E-state index contributed by atoms with van der Waals surface area (Å²) in [7, 11) is 0. The van der Waals surface area contributed by atoms with Gasteiger partial charge in [0.25, 0.3) is 0 Å². The van der Waals surface area contributed by atoms with Gasteiger partial charge < -0.3 is 0 Å². The fourth-order valence-corrected chi connectivity index (χ4v) is 2.77. The van der Waals surface area contributed by atoms with Crippen LogP contribution in [0.4, 0.5) is 0 Å². The van der Waals surface area contributed by atoms with Gasteiger partial charge in [0.05, 0.1) is 4.58 Å². The molecule has 0 amide bonds. The summed E-state index contributed by atoms with van der Waals surface area (Å²) in [6.45, 7) is 11.1. The first-order valence-electron chi connectivity index (χ1n) is 3.91. The van der Waals surface area contributed by atoms with Gasteiger partial charge in [-0.05, 0) is 6.42 Å². The Hall–Kier alpha value is -0.0800. The van der Waals surface area contributed by atoms with Crippen LogP contribution in [0.3, 0.4) is 0 Å². The second-order valence-corrected chi connectivity index (χ2v) is 4.97. The first-order chi connectivity index (χ1) is 5.85. The van der Waals surface area contributed by atoms with Gasteiger partial charge in [0.15, 0.2) is 0 Å². The summed E-state index contributed by atoms with van der Waals surface area (Å²) in [5.74, 6) is 2.03. The van der Waals surface area contributed by atoms with Crippen molar-refractivity contribution in [3.8, 4) is 0 Å². The lowest BCUT2D eigenvalue weighted by Crippen LogP contribution is -1.96. The molecule has 0 atom stereocenters. The molecular formula is C10H16S2. The largest absolute Gasteiger partial charge is 0.143 e. The van der Waals surface area contributed by atoms with Gasteiger partial charge >= 0.3 is 0 Å².